The van der Waals surface area contributed by atoms with Crippen LogP contribution in [0.25, 0.3) is 10.9 Å². The molecule has 0 radical (unpaired) electrons. The van der Waals surface area contributed by atoms with E-state index in [1.807, 2.05) is 0 Å². The van der Waals surface area contributed by atoms with Gasteiger partial charge in [-0.25, -0.2) is 4.79 Å². The number of carbonyl (C=O) groups excluding carboxylic acids is 4. The van der Waals surface area contributed by atoms with Crippen LogP contribution in [0, 0.1) is 17.0 Å². The number of alkyl carbamates (subject to hydrolysis) is 1. The van der Waals surface area contributed by atoms with Crippen molar-refractivity contribution in [2.45, 2.75) is 30.3 Å². The van der Waals surface area contributed by atoms with Crippen molar-refractivity contribution >= 4 is 75.3 Å². The average Bonchev–Trinajstić information content (AvgIpc) is 3.37. The van der Waals surface area contributed by atoms with Gasteiger partial charge in [-0.3, -0.25) is 29.1 Å². The van der Waals surface area contributed by atoms with Crippen molar-refractivity contribution in [3.8, 4) is 5.75 Å². The van der Waals surface area contributed by atoms with Crippen molar-refractivity contribution in [1.82, 2.24) is 15.2 Å². The number of ether oxygens (including phenoxy) is 3. The van der Waals surface area contributed by atoms with Crippen LogP contribution >= 0.6 is 34.8 Å². The summed E-state index contributed by atoms with van der Waals surface area (Å²) in [5.41, 5.74) is 2.01. The van der Waals surface area contributed by atoms with Crippen molar-refractivity contribution in [3.05, 3.63) is 104 Å². The third-order valence-electron chi connectivity index (χ3n) is 7.54. The summed E-state index contributed by atoms with van der Waals surface area (Å²) in [7, 11) is 1.50. The lowest BCUT2D eigenvalue weighted by atomic mass is 10.0. The second-order valence-electron chi connectivity index (χ2n) is 10.7. The molecular formula is C33H31Cl3N4O10. The largest absolute Gasteiger partial charge is 0.497 e. The maximum atomic E-state index is 13.5. The Hall–Kier alpha value is -4.89. The Morgan fingerprint density at radius 2 is 1.68 bits per heavy atom. The second kappa shape index (κ2) is 17.2. The molecule has 264 valence electrons. The number of amides is 2. The number of rotatable bonds is 14. The van der Waals surface area contributed by atoms with E-state index in [0.29, 0.717) is 38.5 Å². The van der Waals surface area contributed by atoms with Gasteiger partial charge in [0, 0.05) is 33.8 Å². The first-order chi connectivity index (χ1) is 23.8. The molecule has 2 unspecified atom stereocenters. The summed E-state index contributed by atoms with van der Waals surface area (Å²) in [6.07, 6.45) is -2.61. The van der Waals surface area contributed by atoms with E-state index in [2.05, 4.69) is 10.6 Å². The number of aliphatic hydroxyl groups excluding tert-OH is 1. The molecule has 1 heterocycles. The summed E-state index contributed by atoms with van der Waals surface area (Å²) in [6.45, 7) is 0.790. The Bertz CT molecular complexity index is 1880. The number of nitrogens with one attached hydrogen (secondary N) is 2. The van der Waals surface area contributed by atoms with Crippen LogP contribution in [0.2, 0.25) is 5.02 Å². The van der Waals surface area contributed by atoms with Crippen LogP contribution in [0.3, 0.4) is 0 Å². The van der Waals surface area contributed by atoms with Gasteiger partial charge < -0.3 is 30.0 Å². The Labute approximate surface area is 300 Å². The number of non-ortho nitro benzene ring substituents is 1. The first-order valence-electron chi connectivity index (χ1n) is 14.9. The van der Waals surface area contributed by atoms with Crippen LogP contribution < -0.4 is 15.4 Å². The van der Waals surface area contributed by atoms with Crippen LogP contribution in [0.5, 0.6) is 5.75 Å². The molecule has 0 spiro atoms. The first-order valence-corrected chi connectivity index (χ1v) is 16.1. The van der Waals surface area contributed by atoms with Crippen molar-refractivity contribution in [1.29, 1.82) is 0 Å². The topological polar surface area (TPSA) is 188 Å². The zero-order valence-electron chi connectivity index (χ0n) is 26.6. The van der Waals surface area contributed by atoms with E-state index in [9.17, 15) is 34.4 Å². The lowest BCUT2D eigenvalue weighted by Gasteiger charge is -2.24. The molecular weight excluding hydrogens is 719 g/mol. The molecule has 3 aromatic carbocycles. The molecule has 0 bridgehead atoms. The highest BCUT2D eigenvalue weighted by atomic mass is 35.5. The molecule has 0 aliphatic heterocycles. The van der Waals surface area contributed by atoms with Gasteiger partial charge in [-0.05, 0) is 72.6 Å². The molecule has 0 aliphatic rings. The van der Waals surface area contributed by atoms with Crippen LogP contribution in [0.15, 0.2) is 66.7 Å². The van der Waals surface area contributed by atoms with E-state index < -0.39 is 46.5 Å². The SMILES string of the molecule is COc1ccc2c(c1)c(CC(=O)OCCNC(=O)OCC(NC(=O)C(Cl)Cl)C(O)c1ccc([N+](=O)[O-])cc1)c(C)n2C(=O)c1ccc(Cl)cc1. The number of fused-ring (bicyclic) bond motifs is 1. The molecule has 3 N–H and O–H groups in total. The number of halogens is 3. The van der Waals surface area contributed by atoms with Crippen molar-refractivity contribution < 1.29 is 43.4 Å². The van der Waals surface area contributed by atoms with Gasteiger partial charge in [0.2, 0.25) is 0 Å². The van der Waals surface area contributed by atoms with Crippen LogP contribution in [-0.4, -0.2) is 76.2 Å². The van der Waals surface area contributed by atoms with Gasteiger partial charge in [0.25, 0.3) is 17.5 Å². The number of aromatic nitrogens is 1. The minimum absolute atomic E-state index is 0.151. The number of carbonyl (C=O) groups is 4. The number of esters is 1. The van der Waals surface area contributed by atoms with Gasteiger partial charge in [0.15, 0.2) is 4.84 Å². The van der Waals surface area contributed by atoms with Crippen LogP contribution in [0.1, 0.15) is 33.3 Å². The first kappa shape index (κ1) is 37.9. The number of hydrogen-bond donors (Lipinski definition) is 3. The fourth-order valence-electron chi connectivity index (χ4n) is 5.01. The van der Waals surface area contributed by atoms with Gasteiger partial charge in [-0.2, -0.15) is 0 Å². The zero-order chi connectivity index (χ0) is 36.5. The van der Waals surface area contributed by atoms with E-state index in [0.717, 1.165) is 12.1 Å². The molecule has 17 heteroatoms. The molecule has 0 saturated heterocycles. The minimum atomic E-state index is -1.49. The molecule has 14 nitrogen and oxygen atoms in total. The predicted octanol–water partition coefficient (Wildman–Crippen LogP) is 5.04. The minimum Gasteiger partial charge on any atom is -0.497 e. The quantitative estimate of drug-likeness (QED) is 0.0518. The van der Waals surface area contributed by atoms with E-state index in [1.54, 1.807) is 49.4 Å². The van der Waals surface area contributed by atoms with Gasteiger partial charge in [-0.1, -0.05) is 34.8 Å². The molecule has 2 atom stereocenters. The monoisotopic (exact) mass is 748 g/mol. The summed E-state index contributed by atoms with van der Waals surface area (Å²) < 4.78 is 17.3. The number of alkyl halides is 2. The van der Waals surface area contributed by atoms with Crippen molar-refractivity contribution in [2.24, 2.45) is 0 Å². The van der Waals surface area contributed by atoms with Gasteiger partial charge >= 0.3 is 12.1 Å². The smallest absolute Gasteiger partial charge is 0.407 e. The van der Waals surface area contributed by atoms with Gasteiger partial charge in [0.1, 0.15) is 25.1 Å². The van der Waals surface area contributed by atoms with Gasteiger partial charge in [-0.15, -0.1) is 0 Å². The van der Waals surface area contributed by atoms with Crippen LogP contribution in [-0.2, 0) is 25.5 Å². The Kier molecular flexibility index (Phi) is 13.0. The highest BCUT2D eigenvalue weighted by molar-refractivity contribution is 6.53. The molecule has 0 aliphatic carbocycles. The summed E-state index contributed by atoms with van der Waals surface area (Å²) in [4.78, 5) is 59.7. The zero-order valence-corrected chi connectivity index (χ0v) is 28.8. The maximum absolute atomic E-state index is 13.5. The van der Waals surface area contributed by atoms with E-state index >= 15 is 0 Å². The van der Waals surface area contributed by atoms with E-state index in [-0.39, 0.29) is 36.7 Å². The van der Waals surface area contributed by atoms with Gasteiger partial charge in [0.05, 0.1) is 36.6 Å². The Morgan fingerprint density at radius 3 is 2.30 bits per heavy atom. The fraction of sp³-hybridized carbons (Fsp3) is 0.273. The average molecular weight is 750 g/mol. The fourth-order valence-corrected chi connectivity index (χ4v) is 5.26. The number of hydrogen-bond acceptors (Lipinski definition) is 10. The molecule has 0 saturated carbocycles. The highest BCUT2D eigenvalue weighted by Gasteiger charge is 2.27. The number of aliphatic hydroxyl groups is 1. The van der Waals surface area contributed by atoms with Crippen LogP contribution in [0.4, 0.5) is 10.5 Å². The molecule has 2 amide bonds. The molecule has 4 rings (SSSR count). The van der Waals surface area contributed by atoms with Crippen molar-refractivity contribution in [3.63, 3.8) is 0 Å². The number of benzene rings is 3. The molecule has 4 aromatic rings. The summed E-state index contributed by atoms with van der Waals surface area (Å²) in [6, 6.07) is 15.2. The number of nitro benzene ring substituents is 1. The summed E-state index contributed by atoms with van der Waals surface area (Å²) in [5.74, 6) is -1.29. The second-order valence-corrected chi connectivity index (χ2v) is 12.3. The lowest BCUT2D eigenvalue weighted by Crippen LogP contribution is -2.45. The number of nitro groups is 1. The molecule has 1 aromatic heterocycles. The van der Waals surface area contributed by atoms with E-state index in [1.165, 1.54) is 23.8 Å². The standard InChI is InChI=1S/C33H31Cl3N4O10/c1-18-24(25-15-23(48-2)11-12-27(25)39(18)32(44)20-3-7-21(34)8-4-20)16-28(41)49-14-13-37-33(45)50-17-26(38-31(43)30(35)36)29(42)19-5-9-22(10-6-19)40(46)47/h3-12,15,26,29-30,42H,13-14,16-17H2,1-2H3,(H,37,45)(H,38,43). The molecule has 50 heavy (non-hydrogen) atoms. The lowest BCUT2D eigenvalue weighted by molar-refractivity contribution is -0.384. The number of nitrogens with zero attached hydrogens (tertiary/aromatic N) is 2. The Morgan fingerprint density at radius 1 is 1.00 bits per heavy atom. The maximum Gasteiger partial charge on any atom is 0.407 e. The van der Waals surface area contributed by atoms with Crippen molar-refractivity contribution in [2.75, 3.05) is 26.9 Å². The highest BCUT2D eigenvalue weighted by Crippen LogP contribution is 2.31. The third kappa shape index (κ3) is 9.41. The van der Waals surface area contributed by atoms with E-state index in [4.69, 9.17) is 49.0 Å². The Balaban J connectivity index is 1.35. The number of methoxy groups -OCH3 is 1. The summed E-state index contributed by atoms with van der Waals surface area (Å²) >= 11 is 17.2. The summed E-state index contributed by atoms with van der Waals surface area (Å²) in [5, 5.41) is 27.6. The predicted molar refractivity (Wildman–Crippen MR) is 184 cm³/mol. The third-order valence-corrected chi connectivity index (χ3v) is 8.19. The normalized spacial score (nSPS) is 12.2. The molecule has 0 fully saturated rings.